The number of ether oxygens (including phenoxy) is 2. The number of alkyl halides is 3. The lowest BCUT2D eigenvalue weighted by molar-refractivity contribution is -0.274. The number of carboxylic acid groups (broad SMARTS) is 1. The first-order valence-electron chi connectivity index (χ1n) is 15.5. The lowest BCUT2D eigenvalue weighted by Gasteiger charge is -2.33. The van der Waals surface area contributed by atoms with E-state index in [2.05, 4.69) is 14.8 Å². The molecule has 0 amide bonds. The summed E-state index contributed by atoms with van der Waals surface area (Å²) in [6, 6.07) is 9.76. The summed E-state index contributed by atoms with van der Waals surface area (Å²) in [4.78, 5) is 19.0. The number of carbonyl (C=O) groups is 1. The fourth-order valence-corrected chi connectivity index (χ4v) is 8.96. The number of hydrogen-bond acceptors (Lipinski definition) is 8. The van der Waals surface area contributed by atoms with Crippen LogP contribution in [0, 0.1) is 24.7 Å². The average Bonchev–Trinajstić information content (AvgIpc) is 3.88. The molecular formula is C33H32F3N3O5S. The van der Waals surface area contributed by atoms with Gasteiger partial charge in [0.2, 0.25) is 0 Å². The van der Waals surface area contributed by atoms with E-state index in [-0.39, 0.29) is 35.5 Å². The number of para-hydroxylation sites is 1. The van der Waals surface area contributed by atoms with Gasteiger partial charge in [-0.2, -0.15) is 0 Å². The Balaban J connectivity index is 1.02. The van der Waals surface area contributed by atoms with E-state index in [1.54, 1.807) is 35.6 Å². The van der Waals surface area contributed by atoms with Crippen molar-refractivity contribution in [1.82, 2.24) is 10.1 Å². The molecule has 4 aliphatic rings. The van der Waals surface area contributed by atoms with Gasteiger partial charge in [0.25, 0.3) is 0 Å². The molecule has 0 spiro atoms. The molecule has 4 fully saturated rings. The molecule has 2 bridgehead atoms. The van der Waals surface area contributed by atoms with Gasteiger partial charge in [-0.05, 0) is 93.0 Å². The van der Waals surface area contributed by atoms with Crippen LogP contribution in [-0.4, -0.2) is 46.3 Å². The van der Waals surface area contributed by atoms with Crippen LogP contribution >= 0.6 is 11.3 Å². The highest BCUT2D eigenvalue weighted by molar-refractivity contribution is 7.22. The van der Waals surface area contributed by atoms with Crippen molar-refractivity contribution in [2.75, 3.05) is 11.4 Å². The molecule has 5 atom stereocenters. The van der Waals surface area contributed by atoms with E-state index in [1.165, 1.54) is 12.1 Å². The molecule has 12 heteroatoms. The largest absolute Gasteiger partial charge is 0.573 e. The van der Waals surface area contributed by atoms with Crippen molar-refractivity contribution < 1.29 is 37.1 Å². The molecule has 3 saturated carbocycles. The van der Waals surface area contributed by atoms with E-state index in [0.717, 1.165) is 66.0 Å². The molecule has 8 nitrogen and oxygen atoms in total. The van der Waals surface area contributed by atoms with Crippen molar-refractivity contribution in [3.05, 3.63) is 58.8 Å². The molecule has 3 aliphatic carbocycles. The molecule has 1 saturated heterocycles. The van der Waals surface area contributed by atoms with E-state index in [9.17, 15) is 23.1 Å². The number of nitrogens with zero attached hydrogens (tertiary/aromatic N) is 3. The third-order valence-corrected chi connectivity index (χ3v) is 11.0. The van der Waals surface area contributed by atoms with Crippen LogP contribution in [-0.2, 0) is 11.3 Å². The molecule has 236 valence electrons. The molecule has 3 heterocycles. The molecule has 2 aromatic heterocycles. The van der Waals surface area contributed by atoms with E-state index >= 15 is 0 Å². The van der Waals surface area contributed by atoms with Crippen LogP contribution in [0.1, 0.15) is 71.7 Å². The number of benzene rings is 2. The number of thiazole rings is 1. The van der Waals surface area contributed by atoms with Gasteiger partial charge < -0.3 is 24.0 Å². The zero-order valence-electron chi connectivity index (χ0n) is 24.5. The first kappa shape index (κ1) is 28.8. The average molecular weight is 640 g/mol. The fourth-order valence-electron chi connectivity index (χ4n) is 7.78. The topological polar surface area (TPSA) is 97.9 Å². The minimum Gasteiger partial charge on any atom is -0.478 e. The molecule has 1 aliphatic heterocycles. The van der Waals surface area contributed by atoms with E-state index < -0.39 is 12.3 Å². The molecule has 8 rings (SSSR count). The summed E-state index contributed by atoms with van der Waals surface area (Å²) in [5.41, 5.74) is 3.31. The lowest BCUT2D eigenvalue weighted by Crippen LogP contribution is -2.37. The number of halogens is 3. The predicted molar refractivity (Wildman–Crippen MR) is 161 cm³/mol. The Morgan fingerprint density at radius 2 is 2.00 bits per heavy atom. The van der Waals surface area contributed by atoms with Gasteiger partial charge in [-0.25, -0.2) is 9.78 Å². The Morgan fingerprint density at radius 1 is 1.18 bits per heavy atom. The van der Waals surface area contributed by atoms with Gasteiger partial charge in [0.15, 0.2) is 5.13 Å². The van der Waals surface area contributed by atoms with Gasteiger partial charge in [-0.1, -0.05) is 28.6 Å². The van der Waals surface area contributed by atoms with Crippen LogP contribution in [0.4, 0.5) is 18.3 Å². The van der Waals surface area contributed by atoms with Crippen molar-refractivity contribution in [2.24, 2.45) is 17.8 Å². The second kappa shape index (κ2) is 10.7. The van der Waals surface area contributed by atoms with Crippen molar-refractivity contribution in [3.8, 4) is 17.0 Å². The summed E-state index contributed by atoms with van der Waals surface area (Å²) in [7, 11) is 0. The second-order valence-electron chi connectivity index (χ2n) is 12.9. The summed E-state index contributed by atoms with van der Waals surface area (Å²) in [5.74, 6) is 1.06. The standard InChI is InChI=1S/C33H32F3N3O5S/c1-16-11-19(31(40)41)13-25-27(16)37-32(45-25)39-10-4-5-18-12-20(39)14-22-26(18)30(22)42-15-23-28(38-44-29(23)17-8-9-17)21-6-2-3-7-24(21)43-33(34,35)36/h2-3,6-7,11,13,17-18,20,22,26,30H,4-5,8-10,12,14-15H2,1H3,(H,40,41). The van der Waals surface area contributed by atoms with Crippen LogP contribution in [0.25, 0.3) is 21.5 Å². The molecule has 5 unspecified atom stereocenters. The van der Waals surface area contributed by atoms with Crippen LogP contribution in [0.2, 0.25) is 0 Å². The second-order valence-corrected chi connectivity index (χ2v) is 13.9. The Kier molecular flexibility index (Phi) is 6.86. The van der Waals surface area contributed by atoms with Gasteiger partial charge >= 0.3 is 12.3 Å². The summed E-state index contributed by atoms with van der Waals surface area (Å²) in [6.07, 6.45) is 1.36. The minimum atomic E-state index is -4.82. The molecule has 4 aromatic rings. The Morgan fingerprint density at radius 3 is 2.78 bits per heavy atom. The van der Waals surface area contributed by atoms with Crippen LogP contribution in [0.5, 0.6) is 5.75 Å². The number of aromatic carboxylic acids is 1. The Hall–Kier alpha value is -3.64. The van der Waals surface area contributed by atoms with Gasteiger partial charge in [-0.3, -0.25) is 0 Å². The zero-order chi connectivity index (χ0) is 31.0. The quantitative estimate of drug-likeness (QED) is 0.208. The van der Waals surface area contributed by atoms with E-state index in [0.29, 0.717) is 40.8 Å². The monoisotopic (exact) mass is 639 g/mol. The maximum Gasteiger partial charge on any atom is 0.573 e. The Labute approximate surface area is 261 Å². The SMILES string of the molecule is Cc1cc(C(=O)O)cc2sc(N3CCCC4CC3CC3C(OCc5c(-c6ccccc6OC(F)(F)F)noc5C5CC5)C43)nc12. The third kappa shape index (κ3) is 5.35. The first-order valence-corrected chi connectivity index (χ1v) is 16.3. The van der Waals surface area contributed by atoms with Crippen LogP contribution < -0.4 is 9.64 Å². The lowest BCUT2D eigenvalue weighted by atomic mass is 9.84. The highest BCUT2D eigenvalue weighted by Crippen LogP contribution is 2.59. The van der Waals surface area contributed by atoms with Gasteiger partial charge in [-0.15, -0.1) is 13.2 Å². The molecule has 45 heavy (non-hydrogen) atoms. The maximum absolute atomic E-state index is 13.2. The molecule has 0 radical (unpaired) electrons. The highest BCUT2D eigenvalue weighted by atomic mass is 32.1. The summed E-state index contributed by atoms with van der Waals surface area (Å²) in [6.45, 7) is 3.06. The van der Waals surface area contributed by atoms with Crippen LogP contribution in [0.3, 0.4) is 0 Å². The Bertz CT molecular complexity index is 1780. The first-order chi connectivity index (χ1) is 21.6. The van der Waals surface area contributed by atoms with E-state index in [4.69, 9.17) is 14.2 Å². The third-order valence-electron chi connectivity index (χ3n) is 9.95. The summed E-state index contributed by atoms with van der Waals surface area (Å²) in [5, 5.41) is 14.7. The number of carboxylic acids is 1. The summed E-state index contributed by atoms with van der Waals surface area (Å²) >= 11 is 1.56. The maximum atomic E-state index is 13.2. The van der Waals surface area contributed by atoms with Crippen molar-refractivity contribution >= 4 is 32.7 Å². The number of rotatable bonds is 8. The van der Waals surface area contributed by atoms with E-state index in [1.807, 2.05) is 6.92 Å². The predicted octanol–water partition coefficient (Wildman–Crippen LogP) is 7.94. The van der Waals surface area contributed by atoms with Crippen LogP contribution in [0.15, 0.2) is 40.9 Å². The zero-order valence-corrected chi connectivity index (χ0v) is 25.4. The number of aryl methyl sites for hydroxylation is 1. The number of aromatic nitrogens is 2. The van der Waals surface area contributed by atoms with Gasteiger partial charge in [0.1, 0.15) is 17.2 Å². The molecule has 2 aromatic carbocycles. The number of fused-ring (bicyclic) bond motifs is 5. The smallest absolute Gasteiger partial charge is 0.478 e. The molecule has 1 N–H and O–H groups in total. The van der Waals surface area contributed by atoms with Gasteiger partial charge in [0.05, 0.1) is 28.5 Å². The van der Waals surface area contributed by atoms with Gasteiger partial charge in [0, 0.05) is 29.6 Å². The number of hydrogen-bond donors (Lipinski definition) is 1. The molecular weight excluding hydrogens is 607 g/mol. The fraction of sp³-hybridized carbons (Fsp3) is 0.485. The van der Waals surface area contributed by atoms with Crippen molar-refractivity contribution in [1.29, 1.82) is 0 Å². The van der Waals surface area contributed by atoms with Crippen molar-refractivity contribution in [3.63, 3.8) is 0 Å². The number of anilines is 1. The van der Waals surface area contributed by atoms with Crippen molar-refractivity contribution in [2.45, 2.75) is 76.5 Å². The highest BCUT2D eigenvalue weighted by Gasteiger charge is 2.59. The summed E-state index contributed by atoms with van der Waals surface area (Å²) < 4.78 is 57.1. The normalized spacial score (nSPS) is 26.0. The minimum absolute atomic E-state index is 0.0761.